The summed E-state index contributed by atoms with van der Waals surface area (Å²) in [5.74, 6) is 0. The second-order valence-corrected chi connectivity index (χ2v) is 5.46. The first-order valence-corrected chi connectivity index (χ1v) is 6.60. The van der Waals surface area contributed by atoms with Crippen molar-refractivity contribution in [2.75, 3.05) is 13.1 Å². The van der Waals surface area contributed by atoms with Crippen LogP contribution in [0.4, 0.5) is 0 Å². The molecule has 88 valence electrons. The van der Waals surface area contributed by atoms with Crippen molar-refractivity contribution >= 4 is 15.9 Å². The Kier molecular flexibility index (Phi) is 4.00. The molecule has 16 heavy (non-hydrogen) atoms. The fourth-order valence-electron chi connectivity index (χ4n) is 2.10. The van der Waals surface area contributed by atoms with Crippen LogP contribution in [0.1, 0.15) is 24.0 Å². The molecule has 0 spiro atoms. The maximum atomic E-state index is 9.45. The van der Waals surface area contributed by atoms with Crippen LogP contribution in [0.15, 0.2) is 22.7 Å². The summed E-state index contributed by atoms with van der Waals surface area (Å²) in [4.78, 5) is 2.40. The summed E-state index contributed by atoms with van der Waals surface area (Å²) in [6, 6.07) is 6.50. The van der Waals surface area contributed by atoms with Crippen molar-refractivity contribution in [2.45, 2.75) is 32.4 Å². The normalized spacial score (nSPS) is 18.9. The molecule has 1 saturated heterocycles. The number of aryl methyl sites for hydroxylation is 1. The standard InChI is InChI=1S/C13H18BrNO/c1-10-2-3-11(13(14)8-10)9-15-6-4-12(16)5-7-15/h2-3,8,12,16H,4-7,9H2,1H3. The minimum absolute atomic E-state index is 0.0855. The van der Waals surface area contributed by atoms with Crippen molar-refractivity contribution in [1.29, 1.82) is 0 Å². The van der Waals surface area contributed by atoms with Crippen molar-refractivity contribution in [2.24, 2.45) is 0 Å². The van der Waals surface area contributed by atoms with E-state index in [2.05, 4.69) is 46.0 Å². The van der Waals surface area contributed by atoms with Gasteiger partial charge in [0.2, 0.25) is 0 Å². The van der Waals surface area contributed by atoms with Crippen LogP contribution in [0.5, 0.6) is 0 Å². The van der Waals surface area contributed by atoms with E-state index >= 15 is 0 Å². The molecule has 0 bridgehead atoms. The van der Waals surface area contributed by atoms with Gasteiger partial charge in [-0.2, -0.15) is 0 Å². The Morgan fingerprint density at radius 3 is 2.69 bits per heavy atom. The largest absolute Gasteiger partial charge is 0.393 e. The number of nitrogens with zero attached hydrogens (tertiary/aromatic N) is 1. The lowest BCUT2D eigenvalue weighted by molar-refractivity contribution is 0.0791. The predicted octanol–water partition coefficient (Wildman–Crippen LogP) is 2.71. The monoisotopic (exact) mass is 283 g/mol. The van der Waals surface area contributed by atoms with E-state index in [9.17, 15) is 5.11 Å². The predicted molar refractivity (Wildman–Crippen MR) is 69.4 cm³/mol. The lowest BCUT2D eigenvalue weighted by Gasteiger charge is -2.29. The average Bonchev–Trinajstić information content (AvgIpc) is 2.25. The SMILES string of the molecule is Cc1ccc(CN2CCC(O)CC2)c(Br)c1. The Bertz CT molecular complexity index is 359. The quantitative estimate of drug-likeness (QED) is 0.902. The van der Waals surface area contributed by atoms with Crippen LogP contribution in [-0.4, -0.2) is 29.2 Å². The number of benzene rings is 1. The van der Waals surface area contributed by atoms with E-state index in [1.807, 2.05) is 0 Å². The van der Waals surface area contributed by atoms with Crippen LogP contribution in [0.3, 0.4) is 0 Å². The zero-order valence-corrected chi connectivity index (χ0v) is 11.2. The van der Waals surface area contributed by atoms with E-state index in [-0.39, 0.29) is 6.10 Å². The van der Waals surface area contributed by atoms with E-state index in [1.54, 1.807) is 0 Å². The molecule has 1 aromatic carbocycles. The van der Waals surface area contributed by atoms with Gasteiger partial charge in [-0.1, -0.05) is 28.1 Å². The van der Waals surface area contributed by atoms with Gasteiger partial charge < -0.3 is 5.11 Å². The van der Waals surface area contributed by atoms with Crippen molar-refractivity contribution in [3.05, 3.63) is 33.8 Å². The van der Waals surface area contributed by atoms with Crippen LogP contribution in [0.2, 0.25) is 0 Å². The number of hydrogen-bond donors (Lipinski definition) is 1. The highest BCUT2D eigenvalue weighted by molar-refractivity contribution is 9.10. The highest BCUT2D eigenvalue weighted by Crippen LogP contribution is 2.21. The van der Waals surface area contributed by atoms with Crippen LogP contribution in [0, 0.1) is 6.92 Å². The highest BCUT2D eigenvalue weighted by Gasteiger charge is 2.17. The number of likely N-dealkylation sites (tertiary alicyclic amines) is 1. The van der Waals surface area contributed by atoms with Crippen LogP contribution in [-0.2, 0) is 6.54 Å². The van der Waals surface area contributed by atoms with Gasteiger partial charge in [-0.05, 0) is 37.0 Å². The molecule has 1 N–H and O–H groups in total. The summed E-state index contributed by atoms with van der Waals surface area (Å²) in [6.07, 6.45) is 1.73. The Hall–Kier alpha value is -0.380. The molecule has 2 rings (SSSR count). The molecule has 0 atom stereocenters. The topological polar surface area (TPSA) is 23.5 Å². The molecule has 0 saturated carbocycles. The van der Waals surface area contributed by atoms with E-state index < -0.39 is 0 Å². The minimum atomic E-state index is -0.0855. The van der Waals surface area contributed by atoms with Gasteiger partial charge in [0.15, 0.2) is 0 Å². The van der Waals surface area contributed by atoms with E-state index in [1.165, 1.54) is 15.6 Å². The third-order valence-corrected chi connectivity index (χ3v) is 3.90. The molecule has 2 nitrogen and oxygen atoms in total. The zero-order valence-electron chi connectivity index (χ0n) is 9.62. The average molecular weight is 284 g/mol. The van der Waals surface area contributed by atoms with E-state index in [0.29, 0.717) is 0 Å². The first-order valence-electron chi connectivity index (χ1n) is 5.80. The summed E-state index contributed by atoms with van der Waals surface area (Å²) in [5.41, 5.74) is 2.62. The van der Waals surface area contributed by atoms with Crippen molar-refractivity contribution < 1.29 is 5.11 Å². The Morgan fingerprint density at radius 2 is 2.06 bits per heavy atom. The molecule has 1 aromatic rings. The molecule has 3 heteroatoms. The minimum Gasteiger partial charge on any atom is -0.393 e. The molecular formula is C13H18BrNO. The lowest BCUT2D eigenvalue weighted by Crippen LogP contribution is -2.35. The highest BCUT2D eigenvalue weighted by atomic mass is 79.9. The Morgan fingerprint density at radius 1 is 1.38 bits per heavy atom. The Balaban J connectivity index is 1.98. The summed E-state index contributed by atoms with van der Waals surface area (Å²) in [5, 5.41) is 9.45. The number of aliphatic hydroxyl groups is 1. The summed E-state index contributed by atoms with van der Waals surface area (Å²) in [6.45, 7) is 5.09. The molecule has 0 aliphatic carbocycles. The number of aliphatic hydroxyl groups excluding tert-OH is 1. The number of hydrogen-bond acceptors (Lipinski definition) is 2. The Labute approximate surface area is 105 Å². The van der Waals surface area contributed by atoms with E-state index in [0.717, 1.165) is 32.5 Å². The molecule has 1 aliphatic rings. The van der Waals surface area contributed by atoms with Crippen LogP contribution < -0.4 is 0 Å². The number of piperidine rings is 1. The summed E-state index contributed by atoms with van der Waals surface area (Å²) in [7, 11) is 0. The van der Waals surface area contributed by atoms with Crippen molar-refractivity contribution in [1.82, 2.24) is 4.90 Å². The lowest BCUT2D eigenvalue weighted by atomic mass is 10.1. The van der Waals surface area contributed by atoms with Crippen molar-refractivity contribution in [3.8, 4) is 0 Å². The number of rotatable bonds is 2. The summed E-state index contributed by atoms with van der Waals surface area (Å²) >= 11 is 3.61. The fraction of sp³-hybridized carbons (Fsp3) is 0.538. The second-order valence-electron chi connectivity index (χ2n) is 4.60. The summed E-state index contributed by atoms with van der Waals surface area (Å²) < 4.78 is 1.19. The van der Waals surface area contributed by atoms with Gasteiger partial charge in [0.05, 0.1) is 6.10 Å². The molecule has 0 unspecified atom stereocenters. The van der Waals surface area contributed by atoms with Gasteiger partial charge in [0, 0.05) is 24.1 Å². The zero-order chi connectivity index (χ0) is 11.5. The maximum absolute atomic E-state index is 9.45. The van der Waals surface area contributed by atoms with Gasteiger partial charge in [-0.15, -0.1) is 0 Å². The first kappa shape index (κ1) is 12.1. The van der Waals surface area contributed by atoms with Crippen molar-refractivity contribution in [3.63, 3.8) is 0 Å². The maximum Gasteiger partial charge on any atom is 0.0564 e. The third kappa shape index (κ3) is 3.06. The molecule has 1 heterocycles. The second kappa shape index (κ2) is 5.30. The number of halogens is 1. The van der Waals surface area contributed by atoms with E-state index in [4.69, 9.17) is 0 Å². The van der Waals surface area contributed by atoms with Crippen LogP contribution in [0.25, 0.3) is 0 Å². The van der Waals surface area contributed by atoms with Crippen LogP contribution >= 0.6 is 15.9 Å². The molecular weight excluding hydrogens is 266 g/mol. The smallest absolute Gasteiger partial charge is 0.0564 e. The third-order valence-electron chi connectivity index (χ3n) is 3.16. The van der Waals surface area contributed by atoms with Gasteiger partial charge in [-0.25, -0.2) is 0 Å². The van der Waals surface area contributed by atoms with Gasteiger partial charge in [0.1, 0.15) is 0 Å². The first-order chi connectivity index (χ1) is 7.65. The molecule has 0 amide bonds. The molecule has 0 aromatic heterocycles. The molecule has 0 radical (unpaired) electrons. The van der Waals surface area contributed by atoms with Gasteiger partial charge >= 0.3 is 0 Å². The van der Waals surface area contributed by atoms with Gasteiger partial charge in [0.25, 0.3) is 0 Å². The molecule has 1 fully saturated rings. The fourth-order valence-corrected chi connectivity index (χ4v) is 2.72. The van der Waals surface area contributed by atoms with Gasteiger partial charge in [-0.3, -0.25) is 4.90 Å². The molecule has 1 aliphatic heterocycles.